The van der Waals surface area contributed by atoms with Crippen molar-refractivity contribution in [3.05, 3.63) is 51.2 Å². The maximum atomic E-state index is 12.7. The lowest BCUT2D eigenvalue weighted by molar-refractivity contribution is 0.0954. The van der Waals surface area contributed by atoms with Gasteiger partial charge in [-0.15, -0.1) is 11.3 Å². The number of rotatable bonds is 2. The molecule has 0 fully saturated rings. The fourth-order valence-electron chi connectivity index (χ4n) is 2.86. The van der Waals surface area contributed by atoms with E-state index in [-0.39, 0.29) is 11.0 Å². The van der Waals surface area contributed by atoms with Crippen molar-refractivity contribution in [2.75, 3.05) is 5.01 Å². The summed E-state index contributed by atoms with van der Waals surface area (Å²) in [5.41, 5.74) is 12.4. The van der Waals surface area contributed by atoms with Gasteiger partial charge in [0.25, 0.3) is 5.91 Å². The number of anilines is 1. The number of nitrogens with one attached hydrogen (secondary N) is 1. The zero-order chi connectivity index (χ0) is 16.4. The minimum atomic E-state index is -0.154. The van der Waals surface area contributed by atoms with Crippen molar-refractivity contribution in [1.82, 2.24) is 5.43 Å². The number of amides is 1. The number of thiocarbonyl (C=S) groups is 1. The normalized spacial score (nSPS) is 13.3. The highest BCUT2D eigenvalue weighted by atomic mass is 32.1. The van der Waals surface area contributed by atoms with Crippen molar-refractivity contribution >= 4 is 40.3 Å². The Bertz CT molecular complexity index is 754. The highest BCUT2D eigenvalue weighted by Crippen LogP contribution is 2.30. The Hall–Kier alpha value is -1.92. The molecule has 6 heteroatoms. The summed E-state index contributed by atoms with van der Waals surface area (Å²) < 4.78 is 0. The number of thiophene rings is 1. The van der Waals surface area contributed by atoms with Crippen molar-refractivity contribution in [1.29, 1.82) is 0 Å². The first-order valence-corrected chi connectivity index (χ1v) is 8.91. The number of hydrogen-bond donors (Lipinski definition) is 2. The van der Waals surface area contributed by atoms with Crippen LogP contribution in [-0.4, -0.2) is 11.0 Å². The molecule has 0 saturated carbocycles. The first-order valence-electron chi connectivity index (χ1n) is 7.62. The van der Waals surface area contributed by atoms with Crippen LogP contribution in [0.4, 0.5) is 5.69 Å². The number of aryl methyl sites for hydroxylation is 2. The minimum absolute atomic E-state index is 0.119. The van der Waals surface area contributed by atoms with Gasteiger partial charge in [-0.2, -0.15) is 0 Å². The van der Waals surface area contributed by atoms with Gasteiger partial charge in [0, 0.05) is 10.3 Å². The molecule has 0 spiro atoms. The highest BCUT2D eigenvalue weighted by molar-refractivity contribution is 7.80. The molecule has 0 aliphatic heterocycles. The van der Waals surface area contributed by atoms with Crippen LogP contribution in [0.2, 0.25) is 0 Å². The fraction of sp³-hybridized carbons (Fsp3) is 0.294. The molecule has 0 unspecified atom stereocenters. The Morgan fingerprint density at radius 2 is 2.13 bits per heavy atom. The maximum Gasteiger partial charge on any atom is 0.271 e. The van der Waals surface area contributed by atoms with Gasteiger partial charge in [-0.05, 0) is 68.1 Å². The topological polar surface area (TPSA) is 58.4 Å². The molecule has 23 heavy (non-hydrogen) atoms. The highest BCUT2D eigenvalue weighted by Gasteiger charge is 2.22. The van der Waals surface area contributed by atoms with Gasteiger partial charge in [-0.25, -0.2) is 5.01 Å². The summed E-state index contributed by atoms with van der Waals surface area (Å²) in [4.78, 5) is 14.0. The summed E-state index contributed by atoms with van der Waals surface area (Å²) in [7, 11) is 0. The van der Waals surface area contributed by atoms with Crippen LogP contribution >= 0.6 is 23.6 Å². The number of hydrogen-bond acceptors (Lipinski definition) is 3. The SMILES string of the molecule is Cc1cccc(N(NC(=O)c2csc3c2CCCC3)C(N)=S)c1. The van der Waals surface area contributed by atoms with E-state index in [9.17, 15) is 4.79 Å². The van der Waals surface area contributed by atoms with E-state index in [1.807, 2.05) is 36.6 Å². The van der Waals surface area contributed by atoms with Crippen molar-refractivity contribution in [2.24, 2.45) is 5.73 Å². The van der Waals surface area contributed by atoms with Gasteiger partial charge < -0.3 is 5.73 Å². The zero-order valence-electron chi connectivity index (χ0n) is 13.0. The lowest BCUT2D eigenvalue weighted by atomic mass is 9.96. The first kappa shape index (κ1) is 16.0. The Morgan fingerprint density at radius 1 is 1.35 bits per heavy atom. The van der Waals surface area contributed by atoms with E-state index in [1.54, 1.807) is 11.3 Å². The molecule has 1 aromatic heterocycles. The molecule has 0 atom stereocenters. The molecule has 0 bridgehead atoms. The third-order valence-corrected chi connectivity index (χ3v) is 5.27. The Balaban J connectivity index is 1.85. The van der Waals surface area contributed by atoms with Gasteiger partial charge in [0.2, 0.25) is 0 Å². The van der Waals surface area contributed by atoms with E-state index >= 15 is 0 Å². The van der Waals surface area contributed by atoms with E-state index in [0.717, 1.165) is 36.1 Å². The van der Waals surface area contributed by atoms with Crippen LogP contribution in [0.3, 0.4) is 0 Å². The smallest absolute Gasteiger partial charge is 0.271 e. The van der Waals surface area contributed by atoms with Crippen LogP contribution in [0.1, 0.15) is 39.2 Å². The average Bonchev–Trinajstić information content (AvgIpc) is 2.96. The van der Waals surface area contributed by atoms with Gasteiger partial charge in [0.05, 0.1) is 11.3 Å². The second-order valence-electron chi connectivity index (χ2n) is 5.71. The second-order valence-corrected chi connectivity index (χ2v) is 7.09. The largest absolute Gasteiger partial charge is 0.374 e. The summed E-state index contributed by atoms with van der Waals surface area (Å²) in [6.07, 6.45) is 4.39. The molecule has 1 aliphatic rings. The number of fused-ring (bicyclic) bond motifs is 1. The van der Waals surface area contributed by atoms with Gasteiger partial charge in [0.1, 0.15) is 0 Å². The van der Waals surface area contributed by atoms with Crippen LogP contribution in [0, 0.1) is 6.92 Å². The summed E-state index contributed by atoms with van der Waals surface area (Å²) in [6.45, 7) is 1.98. The van der Waals surface area contributed by atoms with Crippen LogP contribution in [0.5, 0.6) is 0 Å². The van der Waals surface area contributed by atoms with Gasteiger partial charge >= 0.3 is 0 Å². The number of carbonyl (C=O) groups excluding carboxylic acids is 1. The van der Waals surface area contributed by atoms with Crippen LogP contribution in [-0.2, 0) is 12.8 Å². The fourth-order valence-corrected chi connectivity index (χ4v) is 4.14. The van der Waals surface area contributed by atoms with Gasteiger partial charge in [-0.1, -0.05) is 12.1 Å². The van der Waals surface area contributed by atoms with Gasteiger partial charge in [-0.3, -0.25) is 10.2 Å². The van der Waals surface area contributed by atoms with Gasteiger partial charge in [0.15, 0.2) is 5.11 Å². The second kappa shape index (κ2) is 6.68. The zero-order valence-corrected chi connectivity index (χ0v) is 14.6. The number of benzene rings is 1. The van der Waals surface area contributed by atoms with E-state index in [4.69, 9.17) is 18.0 Å². The summed E-state index contributed by atoms with van der Waals surface area (Å²) in [5, 5.41) is 3.53. The Labute approximate surface area is 145 Å². The van der Waals surface area contributed by atoms with E-state index in [0.29, 0.717) is 0 Å². The third kappa shape index (κ3) is 3.38. The molecule has 2 aromatic rings. The predicted octanol–water partition coefficient (Wildman–Crippen LogP) is 3.33. The molecule has 0 saturated heterocycles. The number of hydrazine groups is 1. The number of nitrogens with two attached hydrogens (primary N) is 1. The van der Waals surface area contributed by atoms with Crippen molar-refractivity contribution < 1.29 is 4.79 Å². The first-order chi connectivity index (χ1) is 11.1. The van der Waals surface area contributed by atoms with Crippen LogP contribution < -0.4 is 16.2 Å². The minimum Gasteiger partial charge on any atom is -0.374 e. The van der Waals surface area contributed by atoms with E-state index in [2.05, 4.69) is 5.43 Å². The van der Waals surface area contributed by atoms with Crippen LogP contribution in [0.15, 0.2) is 29.6 Å². The molecular weight excluding hydrogens is 326 g/mol. The third-order valence-electron chi connectivity index (χ3n) is 4.00. The molecule has 1 heterocycles. The average molecular weight is 345 g/mol. The molecule has 1 amide bonds. The lowest BCUT2D eigenvalue weighted by Gasteiger charge is -2.24. The van der Waals surface area contributed by atoms with E-state index < -0.39 is 0 Å². The molecule has 3 rings (SSSR count). The van der Waals surface area contributed by atoms with Crippen molar-refractivity contribution in [2.45, 2.75) is 32.6 Å². The summed E-state index contributed by atoms with van der Waals surface area (Å²) in [6, 6.07) is 7.70. The Morgan fingerprint density at radius 3 is 2.87 bits per heavy atom. The van der Waals surface area contributed by atoms with Crippen molar-refractivity contribution in [3.8, 4) is 0 Å². The standard InChI is InChI=1S/C17H19N3OS2/c1-11-5-4-6-12(9-11)20(17(18)22)19-16(21)14-10-23-15-8-3-2-7-13(14)15/h4-6,9-10H,2-3,7-8H2,1H3,(H2,18,22)(H,19,21). The number of nitrogens with zero attached hydrogens (tertiary/aromatic N) is 1. The van der Waals surface area contributed by atoms with Crippen molar-refractivity contribution in [3.63, 3.8) is 0 Å². The lowest BCUT2D eigenvalue weighted by Crippen LogP contribution is -2.49. The number of carbonyl (C=O) groups is 1. The quantitative estimate of drug-likeness (QED) is 0.647. The molecular formula is C17H19N3OS2. The summed E-state index contributed by atoms with van der Waals surface area (Å²) in [5.74, 6) is -0.154. The molecule has 120 valence electrons. The maximum absolute atomic E-state index is 12.7. The summed E-state index contributed by atoms with van der Waals surface area (Å²) >= 11 is 6.77. The van der Waals surface area contributed by atoms with E-state index in [1.165, 1.54) is 21.9 Å². The molecule has 0 radical (unpaired) electrons. The Kier molecular flexibility index (Phi) is 4.63. The van der Waals surface area contributed by atoms with Crippen LogP contribution in [0.25, 0.3) is 0 Å². The molecule has 1 aromatic carbocycles. The predicted molar refractivity (Wildman–Crippen MR) is 98.9 cm³/mol. The molecule has 4 nitrogen and oxygen atoms in total. The monoisotopic (exact) mass is 345 g/mol. The molecule has 3 N–H and O–H groups in total. The molecule has 1 aliphatic carbocycles.